The van der Waals surface area contributed by atoms with E-state index in [1.807, 2.05) is 59.4 Å². The Morgan fingerprint density at radius 3 is 2.49 bits per heavy atom. The summed E-state index contributed by atoms with van der Waals surface area (Å²) in [6, 6.07) is 27.6. The molecular formula is C28H22ClN7S. The van der Waals surface area contributed by atoms with Gasteiger partial charge in [-0.25, -0.2) is 14.6 Å². The Kier molecular flexibility index (Phi) is 7.45. The van der Waals surface area contributed by atoms with Crippen molar-refractivity contribution in [1.82, 2.24) is 25.0 Å². The fourth-order valence-electron chi connectivity index (χ4n) is 3.70. The van der Waals surface area contributed by atoms with Gasteiger partial charge in [0.1, 0.15) is 11.6 Å². The number of rotatable bonds is 8. The molecule has 37 heavy (non-hydrogen) atoms. The molecule has 0 unspecified atom stereocenters. The zero-order valence-corrected chi connectivity index (χ0v) is 21.5. The Labute approximate surface area is 224 Å². The van der Waals surface area contributed by atoms with Gasteiger partial charge < -0.3 is 5.32 Å². The first kappa shape index (κ1) is 24.5. The van der Waals surface area contributed by atoms with Crippen molar-refractivity contribution >= 4 is 34.9 Å². The number of benzene rings is 3. The molecule has 0 aliphatic rings. The van der Waals surface area contributed by atoms with Gasteiger partial charge in [0.05, 0.1) is 28.6 Å². The highest BCUT2D eigenvalue weighted by Crippen LogP contribution is 2.33. The van der Waals surface area contributed by atoms with E-state index in [0.717, 1.165) is 16.8 Å². The van der Waals surface area contributed by atoms with Crippen LogP contribution in [0, 0.1) is 18.3 Å². The molecule has 3 aromatic carbocycles. The smallest absolute Gasteiger partial charge is 0.190 e. The largest absolute Gasteiger partial charge is 0.338 e. The van der Waals surface area contributed by atoms with Crippen molar-refractivity contribution in [3.05, 3.63) is 112 Å². The highest BCUT2D eigenvalue weighted by molar-refractivity contribution is 7.98. The van der Waals surface area contributed by atoms with Crippen molar-refractivity contribution in [3.63, 3.8) is 0 Å². The maximum atomic E-state index is 10.0. The molecule has 2 heterocycles. The Bertz CT molecular complexity index is 1560. The number of aromatic nitrogens is 5. The Morgan fingerprint density at radius 2 is 1.73 bits per heavy atom. The van der Waals surface area contributed by atoms with Crippen LogP contribution in [0.2, 0.25) is 5.02 Å². The number of aryl methyl sites for hydroxylation is 1. The molecule has 2 aromatic heterocycles. The highest BCUT2D eigenvalue weighted by Gasteiger charge is 2.18. The quantitative estimate of drug-likeness (QED) is 0.180. The lowest BCUT2D eigenvalue weighted by Crippen LogP contribution is -2.04. The Morgan fingerprint density at radius 1 is 0.973 bits per heavy atom. The molecule has 0 spiro atoms. The second-order valence-corrected chi connectivity index (χ2v) is 9.69. The number of hydrogen-bond acceptors (Lipinski definition) is 7. The summed E-state index contributed by atoms with van der Waals surface area (Å²) in [5.41, 5.74) is 5.58. The van der Waals surface area contributed by atoms with Crippen LogP contribution >= 0.6 is 23.4 Å². The molecule has 0 aliphatic carbocycles. The maximum Gasteiger partial charge on any atom is 0.190 e. The van der Waals surface area contributed by atoms with E-state index in [9.17, 15) is 5.26 Å². The van der Waals surface area contributed by atoms with E-state index in [1.54, 1.807) is 6.07 Å². The fraction of sp³-hybridized carbons (Fsp3) is 0.107. The standard InChI is InChI=1S/C28H22ClN7S/c1-19-11-13-20(14-12-19)16-36-17-22(34-35-36)18-37-28-32-26(21-7-3-2-4-8-21)23(15-30)27(33-28)31-25-10-6-5-9-24(25)29/h2-14,17H,16,18H2,1H3,(H,31,32,33). The monoisotopic (exact) mass is 523 g/mol. The SMILES string of the molecule is Cc1ccc(Cn2cc(CSc3nc(Nc4ccccc4Cl)c(C#N)c(-c4ccccc4)n3)nn2)cc1. The summed E-state index contributed by atoms with van der Waals surface area (Å²) in [5, 5.41) is 22.9. The molecule has 7 nitrogen and oxygen atoms in total. The lowest BCUT2D eigenvalue weighted by atomic mass is 10.1. The summed E-state index contributed by atoms with van der Waals surface area (Å²) in [6.45, 7) is 2.72. The summed E-state index contributed by atoms with van der Waals surface area (Å²) < 4.78 is 1.82. The summed E-state index contributed by atoms with van der Waals surface area (Å²) in [4.78, 5) is 9.41. The van der Waals surface area contributed by atoms with Crippen LogP contribution in [0.15, 0.2) is 90.2 Å². The second kappa shape index (κ2) is 11.2. The molecule has 5 aromatic rings. The first-order valence-electron chi connectivity index (χ1n) is 11.6. The van der Waals surface area contributed by atoms with Gasteiger partial charge in [-0.1, -0.05) is 101 Å². The number of nitrogens with zero attached hydrogens (tertiary/aromatic N) is 6. The zero-order valence-electron chi connectivity index (χ0n) is 20.0. The van der Waals surface area contributed by atoms with Crippen LogP contribution in [-0.2, 0) is 12.3 Å². The third-order valence-corrected chi connectivity index (χ3v) is 6.79. The first-order valence-corrected chi connectivity index (χ1v) is 12.9. The molecule has 1 N–H and O–H groups in total. The van der Waals surface area contributed by atoms with Crippen LogP contribution in [0.3, 0.4) is 0 Å². The predicted molar refractivity (Wildman–Crippen MR) is 147 cm³/mol. The van der Waals surface area contributed by atoms with Crippen molar-refractivity contribution in [2.24, 2.45) is 0 Å². The average molecular weight is 524 g/mol. The topological polar surface area (TPSA) is 92.3 Å². The van der Waals surface area contributed by atoms with E-state index in [-0.39, 0.29) is 0 Å². The van der Waals surface area contributed by atoms with E-state index in [4.69, 9.17) is 16.6 Å². The third kappa shape index (κ3) is 5.97. The molecule has 0 aliphatic heterocycles. The van der Waals surface area contributed by atoms with Gasteiger partial charge in [0, 0.05) is 17.5 Å². The summed E-state index contributed by atoms with van der Waals surface area (Å²) in [5.74, 6) is 0.925. The summed E-state index contributed by atoms with van der Waals surface area (Å²) in [7, 11) is 0. The van der Waals surface area contributed by atoms with Crippen molar-refractivity contribution in [3.8, 4) is 17.3 Å². The number of thioether (sulfide) groups is 1. The summed E-state index contributed by atoms with van der Waals surface area (Å²) >= 11 is 7.80. The zero-order chi connectivity index (χ0) is 25.6. The van der Waals surface area contributed by atoms with E-state index in [2.05, 4.69) is 57.9 Å². The van der Waals surface area contributed by atoms with Gasteiger partial charge in [-0.3, -0.25) is 0 Å². The Balaban J connectivity index is 1.41. The minimum Gasteiger partial charge on any atom is -0.338 e. The van der Waals surface area contributed by atoms with Crippen LogP contribution in [-0.4, -0.2) is 25.0 Å². The van der Waals surface area contributed by atoms with E-state index < -0.39 is 0 Å². The van der Waals surface area contributed by atoms with Crippen LogP contribution in [0.25, 0.3) is 11.3 Å². The maximum absolute atomic E-state index is 10.0. The molecule has 0 saturated heterocycles. The minimum atomic E-state index is 0.347. The molecule has 0 fully saturated rings. The number of nitrogens with one attached hydrogen (secondary N) is 1. The second-order valence-electron chi connectivity index (χ2n) is 8.34. The van der Waals surface area contributed by atoms with Gasteiger partial charge >= 0.3 is 0 Å². The van der Waals surface area contributed by atoms with Crippen LogP contribution in [0.1, 0.15) is 22.4 Å². The van der Waals surface area contributed by atoms with Gasteiger partial charge in [-0.2, -0.15) is 5.26 Å². The van der Waals surface area contributed by atoms with E-state index in [1.165, 1.54) is 17.3 Å². The van der Waals surface area contributed by atoms with E-state index >= 15 is 0 Å². The Hall–Kier alpha value is -4.19. The van der Waals surface area contributed by atoms with Gasteiger partial charge in [0.15, 0.2) is 11.0 Å². The van der Waals surface area contributed by atoms with Crippen LogP contribution < -0.4 is 5.32 Å². The van der Waals surface area contributed by atoms with Crippen LogP contribution in [0.5, 0.6) is 0 Å². The lowest BCUT2D eigenvalue weighted by molar-refractivity contribution is 0.649. The molecular weight excluding hydrogens is 502 g/mol. The minimum absolute atomic E-state index is 0.347. The molecule has 0 bridgehead atoms. The molecule has 9 heteroatoms. The van der Waals surface area contributed by atoms with Gasteiger partial charge in [-0.05, 0) is 24.6 Å². The molecule has 0 amide bonds. The summed E-state index contributed by atoms with van der Waals surface area (Å²) in [6.07, 6.45) is 1.93. The number of halogens is 1. The van der Waals surface area contributed by atoms with Crippen molar-refractivity contribution in [2.45, 2.75) is 24.4 Å². The predicted octanol–water partition coefficient (Wildman–Crippen LogP) is 6.65. The van der Waals surface area contributed by atoms with E-state index in [0.29, 0.717) is 45.2 Å². The van der Waals surface area contributed by atoms with Crippen molar-refractivity contribution in [2.75, 3.05) is 5.32 Å². The number of anilines is 2. The van der Waals surface area contributed by atoms with Gasteiger partial charge in [-0.15, -0.1) is 5.10 Å². The average Bonchev–Trinajstić information content (AvgIpc) is 3.37. The first-order chi connectivity index (χ1) is 18.1. The number of para-hydroxylation sites is 1. The lowest BCUT2D eigenvalue weighted by Gasteiger charge is -2.13. The molecule has 0 radical (unpaired) electrons. The fourth-order valence-corrected chi connectivity index (χ4v) is 4.60. The molecule has 0 atom stereocenters. The molecule has 182 valence electrons. The normalized spacial score (nSPS) is 10.7. The molecule has 5 rings (SSSR count). The van der Waals surface area contributed by atoms with Gasteiger partial charge in [0.25, 0.3) is 0 Å². The number of hydrogen-bond donors (Lipinski definition) is 1. The molecule has 0 saturated carbocycles. The van der Waals surface area contributed by atoms with Gasteiger partial charge in [0.2, 0.25) is 0 Å². The van der Waals surface area contributed by atoms with Crippen molar-refractivity contribution < 1.29 is 0 Å². The van der Waals surface area contributed by atoms with Crippen molar-refractivity contribution in [1.29, 1.82) is 5.26 Å². The van der Waals surface area contributed by atoms with Crippen LogP contribution in [0.4, 0.5) is 11.5 Å². The third-order valence-electron chi connectivity index (χ3n) is 5.57. The highest BCUT2D eigenvalue weighted by atomic mass is 35.5. The number of nitriles is 1.